The molecule has 0 saturated heterocycles. The number of hydrogen-bond donors (Lipinski definition) is 1. The number of carboxylic acids is 1. The van der Waals surface area contributed by atoms with E-state index in [1.807, 2.05) is 30.3 Å². The maximum atomic E-state index is 10.9. The van der Waals surface area contributed by atoms with Crippen molar-refractivity contribution < 1.29 is 9.90 Å². The summed E-state index contributed by atoms with van der Waals surface area (Å²) in [4.78, 5) is 11.7. The molecule has 3 aromatic rings. The van der Waals surface area contributed by atoms with E-state index in [9.17, 15) is 4.79 Å². The number of aromatic carboxylic acids is 1. The van der Waals surface area contributed by atoms with Gasteiger partial charge < -0.3 is 5.11 Å². The lowest BCUT2D eigenvalue weighted by atomic mass is 10.2. The highest BCUT2D eigenvalue weighted by atomic mass is 32.1. The lowest BCUT2D eigenvalue weighted by Crippen LogP contribution is -1.98. The highest BCUT2D eigenvalue weighted by molar-refractivity contribution is 7.13. The van der Waals surface area contributed by atoms with Crippen molar-refractivity contribution in [2.45, 2.75) is 0 Å². The second kappa shape index (κ2) is 4.66. The number of benzene rings is 1. The van der Waals surface area contributed by atoms with Crippen LogP contribution >= 0.6 is 11.3 Å². The smallest absolute Gasteiger partial charge is 0.336 e. The maximum absolute atomic E-state index is 10.9. The van der Waals surface area contributed by atoms with Gasteiger partial charge in [-0.1, -0.05) is 23.4 Å². The molecule has 0 atom stereocenters. The van der Waals surface area contributed by atoms with Crippen LogP contribution in [0.2, 0.25) is 0 Å². The van der Waals surface area contributed by atoms with E-state index in [0.717, 1.165) is 16.3 Å². The molecule has 1 aromatic carbocycles. The van der Waals surface area contributed by atoms with Gasteiger partial charge in [0, 0.05) is 5.38 Å². The predicted octanol–water partition coefficient (Wildman–Crippen LogP) is 2.69. The van der Waals surface area contributed by atoms with Crippen molar-refractivity contribution in [2.75, 3.05) is 0 Å². The third-order valence-corrected chi connectivity index (χ3v) is 3.60. The number of para-hydroxylation sites is 1. The van der Waals surface area contributed by atoms with E-state index in [4.69, 9.17) is 5.11 Å². The fourth-order valence-corrected chi connectivity index (χ4v) is 2.62. The van der Waals surface area contributed by atoms with Gasteiger partial charge in [0.1, 0.15) is 5.69 Å². The third-order valence-electron chi connectivity index (χ3n) is 2.65. The number of nitrogens with zero attached hydrogens (tertiary/aromatic N) is 3. The van der Waals surface area contributed by atoms with Crippen LogP contribution in [0.5, 0.6) is 0 Å². The van der Waals surface area contributed by atoms with E-state index in [1.165, 1.54) is 11.3 Å². The minimum absolute atomic E-state index is 0.279. The Balaban J connectivity index is 2.07. The highest BCUT2D eigenvalue weighted by Gasteiger charge is 2.13. The van der Waals surface area contributed by atoms with E-state index in [2.05, 4.69) is 10.3 Å². The Hall–Kier alpha value is -2.47. The van der Waals surface area contributed by atoms with Gasteiger partial charge in [-0.3, -0.25) is 0 Å². The second-order valence-corrected chi connectivity index (χ2v) is 4.78. The minimum Gasteiger partial charge on any atom is -0.478 e. The van der Waals surface area contributed by atoms with Crippen LogP contribution in [-0.4, -0.2) is 26.1 Å². The van der Waals surface area contributed by atoms with Gasteiger partial charge in [-0.2, -0.15) is 0 Å². The summed E-state index contributed by atoms with van der Waals surface area (Å²) in [7, 11) is 0. The fourth-order valence-electron chi connectivity index (χ4n) is 1.75. The molecule has 0 bridgehead atoms. The van der Waals surface area contributed by atoms with E-state index in [0.29, 0.717) is 0 Å². The maximum Gasteiger partial charge on any atom is 0.336 e. The molecule has 0 aliphatic rings. The molecule has 0 radical (unpaired) electrons. The van der Waals surface area contributed by atoms with Crippen LogP contribution in [-0.2, 0) is 0 Å². The van der Waals surface area contributed by atoms with Crippen molar-refractivity contribution in [2.24, 2.45) is 0 Å². The topological polar surface area (TPSA) is 68.0 Å². The van der Waals surface area contributed by atoms with Gasteiger partial charge in [-0.25, -0.2) is 9.48 Å². The van der Waals surface area contributed by atoms with Gasteiger partial charge in [0.25, 0.3) is 0 Å². The van der Waals surface area contributed by atoms with E-state index >= 15 is 0 Å². The van der Waals surface area contributed by atoms with E-state index in [1.54, 1.807) is 22.3 Å². The van der Waals surface area contributed by atoms with Crippen LogP contribution in [0.15, 0.2) is 48.0 Å². The van der Waals surface area contributed by atoms with Crippen LogP contribution in [0, 0.1) is 0 Å². The predicted molar refractivity (Wildman–Crippen MR) is 71.6 cm³/mol. The minimum atomic E-state index is -0.929. The van der Waals surface area contributed by atoms with Gasteiger partial charge in [0.05, 0.1) is 22.3 Å². The zero-order valence-electron chi connectivity index (χ0n) is 9.72. The summed E-state index contributed by atoms with van der Waals surface area (Å²) in [5.74, 6) is -0.929. The first-order valence-corrected chi connectivity index (χ1v) is 6.42. The van der Waals surface area contributed by atoms with Crippen molar-refractivity contribution >= 4 is 17.3 Å². The Bertz CT molecular complexity index is 718. The summed E-state index contributed by atoms with van der Waals surface area (Å²) >= 11 is 1.36. The lowest BCUT2D eigenvalue weighted by molar-refractivity contribution is 0.0697. The fraction of sp³-hybridized carbons (Fsp3) is 0. The second-order valence-electron chi connectivity index (χ2n) is 3.87. The Morgan fingerprint density at radius 3 is 2.74 bits per heavy atom. The molecule has 2 heterocycles. The molecule has 0 saturated carbocycles. The third kappa shape index (κ3) is 2.13. The van der Waals surface area contributed by atoms with Crippen LogP contribution in [0.3, 0.4) is 0 Å². The van der Waals surface area contributed by atoms with Crippen LogP contribution in [0.4, 0.5) is 0 Å². The molecular formula is C13H9N3O2S. The summed E-state index contributed by atoms with van der Waals surface area (Å²) in [6.07, 6.45) is 1.63. The van der Waals surface area contributed by atoms with Crippen molar-refractivity contribution in [3.63, 3.8) is 0 Å². The molecule has 3 rings (SSSR count). The molecule has 19 heavy (non-hydrogen) atoms. The number of aromatic nitrogens is 3. The van der Waals surface area contributed by atoms with Crippen molar-refractivity contribution in [3.05, 3.63) is 53.5 Å². The molecule has 94 valence electrons. The zero-order valence-corrected chi connectivity index (χ0v) is 10.5. The zero-order chi connectivity index (χ0) is 13.2. The first-order valence-electron chi connectivity index (χ1n) is 5.54. The summed E-state index contributed by atoms with van der Waals surface area (Å²) in [5, 5.41) is 18.5. The monoisotopic (exact) mass is 271 g/mol. The molecule has 0 aliphatic heterocycles. The van der Waals surface area contributed by atoms with Crippen LogP contribution in [0.1, 0.15) is 10.4 Å². The molecular weight excluding hydrogens is 262 g/mol. The van der Waals surface area contributed by atoms with E-state index in [-0.39, 0.29) is 5.56 Å². The number of carbonyl (C=O) groups is 1. The van der Waals surface area contributed by atoms with Crippen molar-refractivity contribution in [1.29, 1.82) is 0 Å². The summed E-state index contributed by atoms with van der Waals surface area (Å²) in [6, 6.07) is 11.2. The first kappa shape index (κ1) is 11.6. The van der Waals surface area contributed by atoms with Gasteiger partial charge in [0.15, 0.2) is 0 Å². The molecule has 6 heteroatoms. The van der Waals surface area contributed by atoms with Gasteiger partial charge in [-0.15, -0.1) is 16.4 Å². The van der Waals surface area contributed by atoms with Gasteiger partial charge >= 0.3 is 5.97 Å². The van der Waals surface area contributed by atoms with Crippen molar-refractivity contribution in [3.8, 4) is 16.3 Å². The van der Waals surface area contributed by atoms with Crippen molar-refractivity contribution in [1.82, 2.24) is 15.0 Å². The quantitative estimate of drug-likeness (QED) is 0.795. The van der Waals surface area contributed by atoms with Crippen LogP contribution < -0.4 is 0 Å². The SMILES string of the molecule is O=C(O)c1csc(-c2cnnn2-c2ccccc2)c1. The average molecular weight is 271 g/mol. The Morgan fingerprint density at radius 2 is 2.05 bits per heavy atom. The summed E-state index contributed by atoms with van der Waals surface area (Å²) < 4.78 is 1.69. The molecule has 0 aliphatic carbocycles. The summed E-state index contributed by atoms with van der Waals surface area (Å²) in [5.41, 5.74) is 1.95. The molecule has 0 spiro atoms. The molecule has 1 N–H and O–H groups in total. The standard InChI is InChI=1S/C13H9N3O2S/c17-13(18)9-6-12(19-8-9)11-7-14-15-16(11)10-4-2-1-3-5-10/h1-8H,(H,17,18). The molecule has 0 amide bonds. The molecule has 0 unspecified atom stereocenters. The highest BCUT2D eigenvalue weighted by Crippen LogP contribution is 2.28. The van der Waals surface area contributed by atoms with E-state index < -0.39 is 5.97 Å². The molecule has 2 aromatic heterocycles. The van der Waals surface area contributed by atoms with Gasteiger partial charge in [-0.05, 0) is 18.2 Å². The Kier molecular flexibility index (Phi) is 2.85. The van der Waals surface area contributed by atoms with Gasteiger partial charge in [0.2, 0.25) is 0 Å². The number of hydrogen-bond acceptors (Lipinski definition) is 4. The normalized spacial score (nSPS) is 10.5. The Labute approximate surface area is 112 Å². The summed E-state index contributed by atoms with van der Waals surface area (Å²) in [6.45, 7) is 0. The number of thiophene rings is 1. The number of rotatable bonds is 3. The molecule has 0 fully saturated rings. The largest absolute Gasteiger partial charge is 0.478 e. The lowest BCUT2D eigenvalue weighted by Gasteiger charge is -2.03. The molecule has 5 nitrogen and oxygen atoms in total. The van der Waals surface area contributed by atoms with Crippen LogP contribution in [0.25, 0.3) is 16.3 Å². The first-order chi connectivity index (χ1) is 9.25. The Morgan fingerprint density at radius 1 is 1.26 bits per heavy atom. The number of carboxylic acid groups (broad SMARTS) is 1. The average Bonchev–Trinajstić information content (AvgIpc) is 3.08.